The number of carbonyl (C=O) groups is 2. The van der Waals surface area contributed by atoms with Gasteiger partial charge in [-0.3, -0.25) is 9.69 Å². The SMILES string of the molecule is CN(C)C(C(=O)NC1(C(=O)O)CCCC1)c1ccc2c(c1)OCO2. The zero-order valence-corrected chi connectivity index (χ0v) is 13.9. The Hall–Kier alpha value is -2.28. The Morgan fingerprint density at radius 2 is 1.88 bits per heavy atom. The molecule has 0 saturated heterocycles. The number of carboxylic acids is 1. The van der Waals surface area contributed by atoms with Crippen LogP contribution in [0.15, 0.2) is 18.2 Å². The third kappa shape index (κ3) is 2.91. The maximum absolute atomic E-state index is 12.9. The van der Waals surface area contributed by atoms with Gasteiger partial charge in [-0.15, -0.1) is 0 Å². The van der Waals surface area contributed by atoms with E-state index in [1.807, 2.05) is 0 Å². The average Bonchev–Trinajstić information content (AvgIpc) is 3.16. The molecule has 1 heterocycles. The molecule has 1 aromatic carbocycles. The zero-order valence-electron chi connectivity index (χ0n) is 13.9. The maximum atomic E-state index is 12.9. The highest BCUT2D eigenvalue weighted by Gasteiger charge is 2.44. The van der Waals surface area contributed by atoms with E-state index in [4.69, 9.17) is 9.47 Å². The largest absolute Gasteiger partial charge is 0.480 e. The summed E-state index contributed by atoms with van der Waals surface area (Å²) in [7, 11) is 3.58. The molecule has 0 bridgehead atoms. The van der Waals surface area contributed by atoms with Crippen molar-refractivity contribution in [1.29, 1.82) is 0 Å². The standard InChI is InChI=1S/C17H22N2O5/c1-19(2)14(11-5-6-12-13(9-11)24-10-23-12)15(20)18-17(16(21)22)7-3-4-8-17/h5-6,9,14H,3-4,7-8,10H2,1-2H3,(H,18,20)(H,21,22). The number of ether oxygens (including phenoxy) is 2. The smallest absolute Gasteiger partial charge is 0.329 e. The number of carbonyl (C=O) groups excluding carboxylic acids is 1. The second-order valence-corrected chi connectivity index (χ2v) is 6.56. The number of rotatable bonds is 5. The van der Waals surface area contributed by atoms with E-state index in [-0.39, 0.29) is 12.7 Å². The first kappa shape index (κ1) is 16.6. The fourth-order valence-corrected chi connectivity index (χ4v) is 3.44. The van der Waals surface area contributed by atoms with Crippen LogP contribution in [0.25, 0.3) is 0 Å². The maximum Gasteiger partial charge on any atom is 0.329 e. The van der Waals surface area contributed by atoms with Crippen LogP contribution in [0.3, 0.4) is 0 Å². The topological polar surface area (TPSA) is 88.1 Å². The van der Waals surface area contributed by atoms with Crippen molar-refractivity contribution in [1.82, 2.24) is 10.2 Å². The van der Waals surface area contributed by atoms with Gasteiger partial charge < -0.3 is 19.9 Å². The van der Waals surface area contributed by atoms with Gasteiger partial charge in [0.15, 0.2) is 11.5 Å². The van der Waals surface area contributed by atoms with E-state index in [1.54, 1.807) is 37.2 Å². The molecule has 1 fully saturated rings. The highest BCUT2D eigenvalue weighted by molar-refractivity contribution is 5.90. The second kappa shape index (κ2) is 6.32. The molecule has 1 aliphatic carbocycles. The first-order valence-corrected chi connectivity index (χ1v) is 8.04. The number of fused-ring (bicyclic) bond motifs is 1. The zero-order chi connectivity index (χ0) is 17.3. The molecule has 1 aromatic rings. The number of carboxylic acid groups (broad SMARTS) is 1. The fraction of sp³-hybridized carbons (Fsp3) is 0.529. The molecular weight excluding hydrogens is 312 g/mol. The minimum absolute atomic E-state index is 0.166. The number of likely N-dealkylation sites (N-methyl/N-ethyl adjacent to an activating group) is 1. The first-order valence-electron chi connectivity index (χ1n) is 8.04. The summed E-state index contributed by atoms with van der Waals surface area (Å²) in [5.74, 6) is -0.0323. The van der Waals surface area contributed by atoms with E-state index < -0.39 is 17.6 Å². The quantitative estimate of drug-likeness (QED) is 0.849. The van der Waals surface area contributed by atoms with Crippen molar-refractivity contribution in [3.63, 3.8) is 0 Å². The van der Waals surface area contributed by atoms with Crippen LogP contribution in [0.2, 0.25) is 0 Å². The molecule has 2 aliphatic rings. The molecule has 0 aromatic heterocycles. The predicted octanol–water partition coefficient (Wildman–Crippen LogP) is 1.53. The molecule has 1 atom stereocenters. The minimum Gasteiger partial charge on any atom is -0.480 e. The van der Waals surface area contributed by atoms with E-state index in [0.717, 1.165) is 18.4 Å². The highest BCUT2D eigenvalue weighted by atomic mass is 16.7. The van der Waals surface area contributed by atoms with Crippen molar-refractivity contribution < 1.29 is 24.2 Å². The summed E-state index contributed by atoms with van der Waals surface area (Å²) in [5, 5.41) is 12.4. The molecule has 24 heavy (non-hydrogen) atoms. The molecule has 1 aliphatic heterocycles. The first-order chi connectivity index (χ1) is 11.4. The van der Waals surface area contributed by atoms with Gasteiger partial charge >= 0.3 is 5.97 Å². The van der Waals surface area contributed by atoms with Gasteiger partial charge in [-0.25, -0.2) is 4.79 Å². The van der Waals surface area contributed by atoms with Crippen molar-refractivity contribution in [2.45, 2.75) is 37.3 Å². The van der Waals surface area contributed by atoms with Crippen molar-refractivity contribution >= 4 is 11.9 Å². The van der Waals surface area contributed by atoms with Crippen molar-refractivity contribution in [2.75, 3.05) is 20.9 Å². The summed E-state index contributed by atoms with van der Waals surface area (Å²) in [6, 6.07) is 4.75. The monoisotopic (exact) mass is 334 g/mol. The molecule has 1 unspecified atom stereocenters. The van der Waals surface area contributed by atoms with Gasteiger partial charge in [-0.2, -0.15) is 0 Å². The van der Waals surface area contributed by atoms with Crippen molar-refractivity contribution in [3.8, 4) is 11.5 Å². The van der Waals surface area contributed by atoms with Crippen LogP contribution in [0.4, 0.5) is 0 Å². The number of benzene rings is 1. The van der Waals surface area contributed by atoms with Gasteiger partial charge in [-0.05, 0) is 44.6 Å². The van der Waals surface area contributed by atoms with E-state index in [2.05, 4.69) is 5.32 Å². The Kier molecular flexibility index (Phi) is 4.36. The lowest BCUT2D eigenvalue weighted by molar-refractivity contribution is -0.148. The number of aliphatic carboxylic acids is 1. The van der Waals surface area contributed by atoms with E-state index in [1.165, 1.54) is 0 Å². The van der Waals surface area contributed by atoms with Gasteiger partial charge in [0, 0.05) is 0 Å². The van der Waals surface area contributed by atoms with E-state index in [9.17, 15) is 14.7 Å². The van der Waals surface area contributed by atoms with Gasteiger partial charge in [-0.1, -0.05) is 18.9 Å². The minimum atomic E-state index is -1.15. The van der Waals surface area contributed by atoms with Crippen LogP contribution in [-0.4, -0.2) is 48.3 Å². The normalized spacial score (nSPS) is 19.3. The molecule has 1 amide bonds. The van der Waals surface area contributed by atoms with Crippen LogP contribution in [0.5, 0.6) is 11.5 Å². The Bertz CT molecular complexity index is 652. The average molecular weight is 334 g/mol. The van der Waals surface area contributed by atoms with Gasteiger partial charge in [0.2, 0.25) is 12.7 Å². The third-order valence-electron chi connectivity index (χ3n) is 4.71. The summed E-state index contributed by atoms with van der Waals surface area (Å²) < 4.78 is 10.7. The Morgan fingerprint density at radius 1 is 1.21 bits per heavy atom. The summed E-state index contributed by atoms with van der Waals surface area (Å²) in [5.41, 5.74) is -0.415. The molecule has 2 N–H and O–H groups in total. The highest BCUT2D eigenvalue weighted by Crippen LogP contribution is 2.36. The van der Waals surface area contributed by atoms with Crippen molar-refractivity contribution in [2.24, 2.45) is 0 Å². The Morgan fingerprint density at radius 3 is 2.50 bits per heavy atom. The van der Waals surface area contributed by atoms with Crippen LogP contribution in [-0.2, 0) is 9.59 Å². The lowest BCUT2D eigenvalue weighted by Gasteiger charge is -2.30. The molecular formula is C17H22N2O5. The van der Waals surface area contributed by atoms with Gasteiger partial charge in [0.05, 0.1) is 0 Å². The molecule has 0 radical (unpaired) electrons. The van der Waals surface area contributed by atoms with Crippen LogP contribution >= 0.6 is 0 Å². The summed E-state index contributed by atoms with van der Waals surface area (Å²) in [4.78, 5) is 26.3. The van der Waals surface area contributed by atoms with E-state index >= 15 is 0 Å². The van der Waals surface area contributed by atoms with Gasteiger partial charge in [0.25, 0.3) is 0 Å². The Balaban J connectivity index is 1.85. The molecule has 1 saturated carbocycles. The van der Waals surface area contributed by atoms with Crippen LogP contribution in [0, 0.1) is 0 Å². The predicted molar refractivity (Wildman–Crippen MR) is 86.0 cm³/mol. The summed E-state index contributed by atoms with van der Waals surface area (Å²) in [6.45, 7) is 0.166. The second-order valence-electron chi connectivity index (χ2n) is 6.56. The third-order valence-corrected chi connectivity index (χ3v) is 4.71. The van der Waals surface area contributed by atoms with Crippen molar-refractivity contribution in [3.05, 3.63) is 23.8 Å². The Labute approximate surface area is 140 Å². The number of nitrogens with one attached hydrogen (secondary N) is 1. The van der Waals surface area contributed by atoms with E-state index in [0.29, 0.717) is 24.3 Å². The molecule has 3 rings (SSSR count). The van der Waals surface area contributed by atoms with Gasteiger partial charge in [0.1, 0.15) is 11.6 Å². The number of hydrogen-bond donors (Lipinski definition) is 2. The molecule has 7 heteroatoms. The fourth-order valence-electron chi connectivity index (χ4n) is 3.44. The number of hydrogen-bond acceptors (Lipinski definition) is 5. The lowest BCUT2D eigenvalue weighted by Crippen LogP contribution is -2.55. The van der Waals surface area contributed by atoms with Crippen LogP contribution < -0.4 is 14.8 Å². The molecule has 130 valence electrons. The summed E-state index contributed by atoms with van der Waals surface area (Å²) in [6.07, 6.45) is 2.55. The number of amides is 1. The number of nitrogens with zero attached hydrogens (tertiary/aromatic N) is 1. The molecule has 7 nitrogen and oxygen atoms in total. The molecule has 0 spiro atoms. The lowest BCUT2D eigenvalue weighted by atomic mass is 9.96. The summed E-state index contributed by atoms with van der Waals surface area (Å²) >= 11 is 0. The van der Waals surface area contributed by atoms with Crippen LogP contribution in [0.1, 0.15) is 37.3 Å².